The summed E-state index contributed by atoms with van der Waals surface area (Å²) >= 11 is 1.58. The lowest BCUT2D eigenvalue weighted by Crippen LogP contribution is -2.17. The van der Waals surface area contributed by atoms with Crippen LogP contribution in [0.5, 0.6) is 0 Å². The molecule has 0 unspecified atom stereocenters. The van der Waals surface area contributed by atoms with Crippen molar-refractivity contribution < 1.29 is 4.79 Å². The lowest BCUT2D eigenvalue weighted by molar-refractivity contribution is -0.121. The van der Waals surface area contributed by atoms with Crippen LogP contribution < -0.4 is 5.43 Å². The maximum absolute atomic E-state index is 11.5. The van der Waals surface area contributed by atoms with Crippen LogP contribution in [0.2, 0.25) is 0 Å². The molecule has 0 atom stereocenters. The number of rotatable bonds is 5. The minimum atomic E-state index is -0.0633. The van der Waals surface area contributed by atoms with Crippen LogP contribution in [-0.2, 0) is 11.2 Å². The standard InChI is InChI=1S/C14H14N2OS/c17-14(9-8-12-5-2-1-3-6-12)16-15-11-13-7-4-10-18-13/h1-7,10-11H,8-9H2,(H,16,17)/b15-11-. The van der Waals surface area contributed by atoms with E-state index in [-0.39, 0.29) is 5.91 Å². The first kappa shape index (κ1) is 12.5. The SMILES string of the molecule is O=C(CCc1ccccc1)N/N=C\c1cccs1. The van der Waals surface area contributed by atoms with Gasteiger partial charge in [0.05, 0.1) is 6.21 Å². The van der Waals surface area contributed by atoms with E-state index < -0.39 is 0 Å². The molecule has 18 heavy (non-hydrogen) atoms. The number of carbonyl (C=O) groups excluding carboxylic acids is 1. The summed E-state index contributed by atoms with van der Waals surface area (Å²) in [5, 5.41) is 5.88. The van der Waals surface area contributed by atoms with E-state index in [1.165, 1.54) is 0 Å². The average molecular weight is 258 g/mol. The molecule has 1 amide bonds. The summed E-state index contributed by atoms with van der Waals surface area (Å²) in [4.78, 5) is 12.5. The Labute approximate surface area is 110 Å². The van der Waals surface area contributed by atoms with Gasteiger partial charge in [-0.05, 0) is 23.4 Å². The molecule has 0 aliphatic rings. The van der Waals surface area contributed by atoms with Crippen LogP contribution in [0.1, 0.15) is 16.9 Å². The van der Waals surface area contributed by atoms with Gasteiger partial charge in [-0.1, -0.05) is 36.4 Å². The number of benzene rings is 1. The number of hydrogen-bond donors (Lipinski definition) is 1. The second kappa shape index (κ2) is 6.71. The summed E-state index contributed by atoms with van der Waals surface area (Å²) in [6, 6.07) is 13.8. The van der Waals surface area contributed by atoms with Crippen molar-refractivity contribution in [2.24, 2.45) is 5.10 Å². The highest BCUT2D eigenvalue weighted by atomic mass is 32.1. The first-order valence-electron chi connectivity index (χ1n) is 5.74. The number of hydrazone groups is 1. The molecule has 0 bridgehead atoms. The van der Waals surface area contributed by atoms with E-state index in [1.807, 2.05) is 47.8 Å². The Morgan fingerprint density at radius 2 is 2.06 bits per heavy atom. The van der Waals surface area contributed by atoms with Crippen LogP contribution in [0.25, 0.3) is 0 Å². The Bertz CT molecular complexity index is 506. The normalized spacial score (nSPS) is 10.7. The number of nitrogens with one attached hydrogen (secondary N) is 1. The summed E-state index contributed by atoms with van der Waals surface area (Å²) in [6.07, 6.45) is 2.85. The van der Waals surface area contributed by atoms with Crippen molar-refractivity contribution in [3.63, 3.8) is 0 Å². The van der Waals surface area contributed by atoms with E-state index in [4.69, 9.17) is 0 Å². The fraction of sp³-hybridized carbons (Fsp3) is 0.143. The van der Waals surface area contributed by atoms with E-state index in [9.17, 15) is 4.79 Å². The number of hydrogen-bond acceptors (Lipinski definition) is 3. The van der Waals surface area contributed by atoms with Crippen molar-refractivity contribution in [2.45, 2.75) is 12.8 Å². The average Bonchev–Trinajstić information content (AvgIpc) is 2.91. The number of amides is 1. The lowest BCUT2D eigenvalue weighted by Gasteiger charge is -2.00. The van der Waals surface area contributed by atoms with Crippen molar-refractivity contribution in [1.82, 2.24) is 5.43 Å². The zero-order chi connectivity index (χ0) is 12.6. The van der Waals surface area contributed by atoms with Crippen molar-refractivity contribution in [3.8, 4) is 0 Å². The second-order valence-electron chi connectivity index (χ2n) is 3.79. The van der Waals surface area contributed by atoms with Crippen LogP contribution in [-0.4, -0.2) is 12.1 Å². The fourth-order valence-electron chi connectivity index (χ4n) is 1.49. The molecule has 0 radical (unpaired) electrons. The Balaban J connectivity index is 1.73. The summed E-state index contributed by atoms with van der Waals surface area (Å²) in [7, 11) is 0. The highest BCUT2D eigenvalue weighted by Crippen LogP contribution is 2.04. The van der Waals surface area contributed by atoms with E-state index in [2.05, 4.69) is 10.5 Å². The molecule has 2 rings (SSSR count). The molecular formula is C14H14N2OS. The molecule has 1 N–H and O–H groups in total. The molecule has 0 spiro atoms. The highest BCUT2D eigenvalue weighted by Gasteiger charge is 2.00. The van der Waals surface area contributed by atoms with Crippen molar-refractivity contribution in [2.75, 3.05) is 0 Å². The number of aryl methyl sites for hydroxylation is 1. The van der Waals surface area contributed by atoms with Gasteiger partial charge in [0, 0.05) is 11.3 Å². The third-order valence-corrected chi connectivity index (χ3v) is 3.21. The smallest absolute Gasteiger partial charge is 0.240 e. The second-order valence-corrected chi connectivity index (χ2v) is 4.77. The fourth-order valence-corrected chi connectivity index (χ4v) is 2.08. The molecule has 0 fully saturated rings. The third kappa shape index (κ3) is 4.14. The summed E-state index contributed by atoms with van der Waals surface area (Å²) < 4.78 is 0. The van der Waals surface area contributed by atoms with E-state index >= 15 is 0 Å². The predicted molar refractivity (Wildman–Crippen MR) is 74.8 cm³/mol. The zero-order valence-electron chi connectivity index (χ0n) is 9.87. The van der Waals surface area contributed by atoms with E-state index in [0.29, 0.717) is 6.42 Å². The van der Waals surface area contributed by atoms with Crippen LogP contribution in [0.4, 0.5) is 0 Å². The molecule has 1 heterocycles. The molecule has 4 heteroatoms. The van der Waals surface area contributed by atoms with Gasteiger partial charge in [0.15, 0.2) is 0 Å². The summed E-state index contributed by atoms with van der Waals surface area (Å²) in [5.74, 6) is -0.0633. The van der Waals surface area contributed by atoms with Crippen molar-refractivity contribution in [3.05, 3.63) is 58.3 Å². The van der Waals surface area contributed by atoms with Crippen molar-refractivity contribution in [1.29, 1.82) is 0 Å². The van der Waals surface area contributed by atoms with Gasteiger partial charge in [-0.25, -0.2) is 5.43 Å². The molecule has 0 saturated heterocycles. The van der Waals surface area contributed by atoms with E-state index in [0.717, 1.165) is 16.9 Å². The minimum Gasteiger partial charge on any atom is -0.273 e. The molecule has 3 nitrogen and oxygen atoms in total. The minimum absolute atomic E-state index is 0.0633. The van der Waals surface area contributed by atoms with E-state index in [1.54, 1.807) is 17.6 Å². The predicted octanol–water partition coefficient (Wildman–Crippen LogP) is 2.83. The molecule has 1 aromatic carbocycles. The molecule has 0 aliphatic heterocycles. The van der Waals surface area contributed by atoms with Gasteiger partial charge in [0.25, 0.3) is 0 Å². The Kier molecular flexibility index (Phi) is 4.67. The van der Waals surface area contributed by atoms with Gasteiger partial charge in [0.1, 0.15) is 0 Å². The molecule has 0 saturated carbocycles. The number of thiophene rings is 1. The highest BCUT2D eigenvalue weighted by molar-refractivity contribution is 7.11. The van der Waals surface area contributed by atoms with Crippen LogP contribution in [0.3, 0.4) is 0 Å². The summed E-state index contributed by atoms with van der Waals surface area (Å²) in [6.45, 7) is 0. The van der Waals surface area contributed by atoms with Gasteiger partial charge in [-0.15, -0.1) is 11.3 Å². The lowest BCUT2D eigenvalue weighted by atomic mass is 10.1. The van der Waals surface area contributed by atoms with Crippen molar-refractivity contribution >= 4 is 23.5 Å². The Morgan fingerprint density at radius 1 is 1.22 bits per heavy atom. The maximum Gasteiger partial charge on any atom is 0.240 e. The summed E-state index contributed by atoms with van der Waals surface area (Å²) in [5.41, 5.74) is 3.69. The van der Waals surface area contributed by atoms with Gasteiger partial charge in [0.2, 0.25) is 5.91 Å². The molecule has 92 valence electrons. The quantitative estimate of drug-likeness (QED) is 0.650. The van der Waals surface area contributed by atoms with Gasteiger partial charge < -0.3 is 0 Å². The monoisotopic (exact) mass is 258 g/mol. The first-order chi connectivity index (χ1) is 8.84. The first-order valence-corrected chi connectivity index (χ1v) is 6.62. The number of carbonyl (C=O) groups is 1. The van der Waals surface area contributed by atoms with Crippen LogP contribution in [0.15, 0.2) is 52.9 Å². The van der Waals surface area contributed by atoms with Gasteiger partial charge in [-0.2, -0.15) is 5.10 Å². The van der Waals surface area contributed by atoms with Crippen LogP contribution in [0, 0.1) is 0 Å². The van der Waals surface area contributed by atoms with Crippen LogP contribution >= 0.6 is 11.3 Å². The largest absolute Gasteiger partial charge is 0.273 e. The Morgan fingerprint density at radius 3 is 2.78 bits per heavy atom. The molecular weight excluding hydrogens is 244 g/mol. The number of nitrogens with zero attached hydrogens (tertiary/aromatic N) is 1. The molecule has 2 aromatic rings. The topological polar surface area (TPSA) is 41.5 Å². The molecule has 0 aliphatic carbocycles. The Hall–Kier alpha value is -1.94. The van der Waals surface area contributed by atoms with Gasteiger partial charge >= 0.3 is 0 Å². The zero-order valence-corrected chi connectivity index (χ0v) is 10.7. The van der Waals surface area contributed by atoms with Gasteiger partial charge in [-0.3, -0.25) is 4.79 Å². The maximum atomic E-state index is 11.5. The molecule has 1 aromatic heterocycles. The third-order valence-electron chi connectivity index (χ3n) is 2.41.